The van der Waals surface area contributed by atoms with Crippen molar-refractivity contribution in [2.75, 3.05) is 20.1 Å². The van der Waals surface area contributed by atoms with Gasteiger partial charge in [0.2, 0.25) is 0 Å². The van der Waals surface area contributed by atoms with Crippen LogP contribution in [0.15, 0.2) is 24.3 Å². The van der Waals surface area contributed by atoms with E-state index in [4.69, 9.17) is 5.11 Å². The van der Waals surface area contributed by atoms with Gasteiger partial charge in [0.1, 0.15) is 0 Å². The molecule has 1 atom stereocenters. The number of nitrogens with zero attached hydrogens (tertiary/aromatic N) is 1. The van der Waals surface area contributed by atoms with E-state index in [2.05, 4.69) is 0 Å². The molecular weight excluding hydrogens is 259 g/mol. The minimum atomic E-state index is -4.33. The van der Waals surface area contributed by atoms with E-state index in [1.165, 1.54) is 12.1 Å². The smallest absolute Gasteiger partial charge is 0.416 e. The molecule has 19 heavy (non-hydrogen) atoms. The quantitative estimate of drug-likeness (QED) is 0.898. The highest BCUT2D eigenvalue weighted by molar-refractivity contribution is 5.69. The zero-order chi connectivity index (χ0) is 14.6. The molecule has 0 bridgehead atoms. The van der Waals surface area contributed by atoms with E-state index < -0.39 is 17.7 Å². The van der Waals surface area contributed by atoms with Crippen LogP contribution >= 0.6 is 0 Å². The first-order valence-electron chi connectivity index (χ1n) is 5.77. The molecule has 1 aromatic rings. The van der Waals surface area contributed by atoms with Crippen LogP contribution in [0.5, 0.6) is 0 Å². The molecule has 0 fully saturated rings. The van der Waals surface area contributed by atoms with Crippen LogP contribution in [0.2, 0.25) is 0 Å². The van der Waals surface area contributed by atoms with Gasteiger partial charge >= 0.3 is 12.1 Å². The second-order valence-corrected chi connectivity index (χ2v) is 4.61. The number of carboxylic acid groups (broad SMARTS) is 1. The fourth-order valence-electron chi connectivity index (χ4n) is 1.87. The van der Waals surface area contributed by atoms with Crippen molar-refractivity contribution in [3.05, 3.63) is 35.4 Å². The molecule has 1 aromatic carbocycles. The Morgan fingerprint density at radius 1 is 1.32 bits per heavy atom. The molecule has 0 aliphatic heterocycles. The minimum Gasteiger partial charge on any atom is -0.480 e. The Morgan fingerprint density at radius 3 is 2.26 bits per heavy atom. The standard InChI is InChI=1S/C13H16F3NO2/c1-9(7-17(2)8-12(18)19)10-3-5-11(6-4-10)13(14,15)16/h3-6,9H,7-8H2,1-2H3,(H,18,19). The van der Waals surface area contributed by atoms with Gasteiger partial charge < -0.3 is 5.11 Å². The summed E-state index contributed by atoms with van der Waals surface area (Å²) in [6, 6.07) is 4.95. The zero-order valence-corrected chi connectivity index (χ0v) is 10.7. The van der Waals surface area contributed by atoms with Gasteiger partial charge in [-0.3, -0.25) is 9.69 Å². The summed E-state index contributed by atoms with van der Waals surface area (Å²) in [7, 11) is 1.66. The molecule has 1 unspecified atom stereocenters. The van der Waals surface area contributed by atoms with E-state index in [1.807, 2.05) is 6.92 Å². The first-order valence-corrected chi connectivity index (χ1v) is 5.77. The van der Waals surface area contributed by atoms with Crippen molar-refractivity contribution in [1.29, 1.82) is 0 Å². The van der Waals surface area contributed by atoms with Crippen molar-refractivity contribution in [3.63, 3.8) is 0 Å². The summed E-state index contributed by atoms with van der Waals surface area (Å²) in [4.78, 5) is 12.1. The molecule has 0 radical (unpaired) electrons. The summed E-state index contributed by atoms with van der Waals surface area (Å²) in [6.07, 6.45) is -4.33. The van der Waals surface area contributed by atoms with Crippen LogP contribution in [-0.4, -0.2) is 36.1 Å². The Balaban J connectivity index is 2.68. The van der Waals surface area contributed by atoms with Crippen LogP contribution < -0.4 is 0 Å². The lowest BCUT2D eigenvalue weighted by Crippen LogP contribution is -2.29. The highest BCUT2D eigenvalue weighted by Gasteiger charge is 2.30. The molecule has 0 aliphatic rings. The molecule has 0 aromatic heterocycles. The number of hydrogen-bond donors (Lipinski definition) is 1. The predicted molar refractivity (Wildman–Crippen MR) is 65.0 cm³/mol. The molecule has 0 amide bonds. The Morgan fingerprint density at radius 2 is 1.84 bits per heavy atom. The lowest BCUT2D eigenvalue weighted by atomic mass is 9.99. The van der Waals surface area contributed by atoms with E-state index in [0.717, 1.165) is 17.7 Å². The maximum absolute atomic E-state index is 12.4. The monoisotopic (exact) mass is 275 g/mol. The molecule has 0 heterocycles. The number of benzene rings is 1. The van der Waals surface area contributed by atoms with Gasteiger partial charge in [-0.15, -0.1) is 0 Å². The summed E-state index contributed by atoms with van der Waals surface area (Å²) in [5.74, 6) is -0.964. The molecule has 6 heteroatoms. The zero-order valence-electron chi connectivity index (χ0n) is 10.7. The van der Waals surface area contributed by atoms with Crippen LogP contribution in [0.1, 0.15) is 24.0 Å². The number of hydrogen-bond acceptors (Lipinski definition) is 2. The lowest BCUT2D eigenvalue weighted by molar-refractivity contribution is -0.138. The van der Waals surface area contributed by atoms with Crippen molar-refractivity contribution in [1.82, 2.24) is 4.90 Å². The fraction of sp³-hybridized carbons (Fsp3) is 0.462. The number of carboxylic acids is 1. The van der Waals surface area contributed by atoms with Crippen LogP contribution in [-0.2, 0) is 11.0 Å². The highest BCUT2D eigenvalue weighted by atomic mass is 19.4. The van der Waals surface area contributed by atoms with Crippen molar-refractivity contribution >= 4 is 5.97 Å². The lowest BCUT2D eigenvalue weighted by Gasteiger charge is -2.20. The Labute approximate surface area is 109 Å². The second-order valence-electron chi connectivity index (χ2n) is 4.61. The van der Waals surface area contributed by atoms with Crippen LogP contribution in [0.3, 0.4) is 0 Å². The summed E-state index contributed by atoms with van der Waals surface area (Å²) >= 11 is 0. The van der Waals surface area contributed by atoms with Crippen molar-refractivity contribution in [3.8, 4) is 0 Å². The number of alkyl halides is 3. The summed E-state index contributed by atoms with van der Waals surface area (Å²) in [5, 5.41) is 8.63. The van der Waals surface area contributed by atoms with Crippen molar-refractivity contribution in [2.24, 2.45) is 0 Å². The third-order valence-electron chi connectivity index (χ3n) is 2.80. The molecule has 0 spiro atoms. The highest BCUT2D eigenvalue weighted by Crippen LogP contribution is 2.30. The topological polar surface area (TPSA) is 40.5 Å². The number of likely N-dealkylation sites (N-methyl/N-ethyl adjacent to an activating group) is 1. The van der Waals surface area contributed by atoms with E-state index in [0.29, 0.717) is 6.54 Å². The van der Waals surface area contributed by atoms with Gasteiger partial charge in [0.05, 0.1) is 12.1 Å². The molecule has 0 aliphatic carbocycles. The van der Waals surface area contributed by atoms with Gasteiger partial charge in [0.15, 0.2) is 0 Å². The SMILES string of the molecule is CC(CN(C)CC(=O)O)c1ccc(C(F)(F)F)cc1. The minimum absolute atomic E-state index is 0.0355. The average Bonchev–Trinajstić information content (AvgIpc) is 2.26. The number of carbonyl (C=O) groups is 1. The third kappa shape index (κ3) is 4.90. The normalized spacial score (nSPS) is 13.6. The largest absolute Gasteiger partial charge is 0.480 e. The van der Waals surface area contributed by atoms with Gasteiger partial charge in [-0.25, -0.2) is 0 Å². The first kappa shape index (κ1) is 15.5. The van der Waals surface area contributed by atoms with Gasteiger partial charge in [0.25, 0.3) is 0 Å². The molecule has 1 N–H and O–H groups in total. The number of halogens is 3. The van der Waals surface area contributed by atoms with Crippen LogP contribution in [0.25, 0.3) is 0 Å². The van der Waals surface area contributed by atoms with Crippen molar-refractivity contribution in [2.45, 2.75) is 19.0 Å². The number of rotatable bonds is 5. The van der Waals surface area contributed by atoms with E-state index in [-0.39, 0.29) is 12.5 Å². The maximum atomic E-state index is 12.4. The van der Waals surface area contributed by atoms with Gasteiger partial charge in [-0.2, -0.15) is 13.2 Å². The molecular formula is C13H16F3NO2. The molecule has 106 valence electrons. The summed E-state index contributed by atoms with van der Waals surface area (Å²) in [6.45, 7) is 2.23. The van der Waals surface area contributed by atoms with Gasteiger partial charge in [0, 0.05) is 6.54 Å². The van der Waals surface area contributed by atoms with E-state index in [1.54, 1.807) is 11.9 Å². The van der Waals surface area contributed by atoms with E-state index in [9.17, 15) is 18.0 Å². The number of aliphatic carboxylic acids is 1. The Kier molecular flexibility index (Phi) is 4.94. The van der Waals surface area contributed by atoms with Crippen LogP contribution in [0.4, 0.5) is 13.2 Å². The van der Waals surface area contributed by atoms with E-state index >= 15 is 0 Å². The molecule has 0 saturated heterocycles. The fourth-order valence-corrected chi connectivity index (χ4v) is 1.87. The first-order chi connectivity index (χ1) is 8.70. The summed E-state index contributed by atoms with van der Waals surface area (Å²) < 4.78 is 37.2. The summed E-state index contributed by atoms with van der Waals surface area (Å²) in [5.41, 5.74) is 0.0765. The molecule has 3 nitrogen and oxygen atoms in total. The molecule has 0 saturated carbocycles. The van der Waals surface area contributed by atoms with Gasteiger partial charge in [-0.05, 0) is 30.7 Å². The van der Waals surface area contributed by atoms with Crippen LogP contribution in [0, 0.1) is 0 Å². The molecule has 1 rings (SSSR count). The maximum Gasteiger partial charge on any atom is 0.416 e. The predicted octanol–water partition coefficient (Wildman–Crippen LogP) is 2.83. The van der Waals surface area contributed by atoms with Gasteiger partial charge in [-0.1, -0.05) is 19.1 Å². The third-order valence-corrected chi connectivity index (χ3v) is 2.80. The Bertz CT molecular complexity index is 429. The Hall–Kier alpha value is -1.56. The second kappa shape index (κ2) is 6.06. The average molecular weight is 275 g/mol. The van der Waals surface area contributed by atoms with Crippen molar-refractivity contribution < 1.29 is 23.1 Å².